The third kappa shape index (κ3) is 8.09. The van der Waals surface area contributed by atoms with Crippen LogP contribution in [0.4, 0.5) is 0 Å². The van der Waals surface area contributed by atoms with E-state index in [1.807, 2.05) is 38.1 Å². The van der Waals surface area contributed by atoms with Gasteiger partial charge in [0.1, 0.15) is 0 Å². The van der Waals surface area contributed by atoms with E-state index >= 15 is 0 Å². The summed E-state index contributed by atoms with van der Waals surface area (Å²) in [6.07, 6.45) is 6.80. The van der Waals surface area contributed by atoms with Crippen molar-refractivity contribution >= 4 is 0 Å². The second-order valence-electron chi connectivity index (χ2n) is 6.66. The zero-order valence-electron chi connectivity index (χ0n) is 19.0. The van der Waals surface area contributed by atoms with Crippen molar-refractivity contribution in [1.29, 1.82) is 0 Å². The molecule has 3 aromatic rings. The summed E-state index contributed by atoms with van der Waals surface area (Å²) in [7, 11) is 0. The lowest BCUT2D eigenvalue weighted by molar-refractivity contribution is 0.922. The molecule has 0 heteroatoms. The lowest BCUT2D eigenvalue weighted by atomic mass is 9.93. The van der Waals surface area contributed by atoms with E-state index in [4.69, 9.17) is 0 Å². The van der Waals surface area contributed by atoms with E-state index in [0.717, 1.165) is 6.42 Å². The molecule has 0 aromatic heterocycles. The van der Waals surface area contributed by atoms with Crippen LogP contribution < -0.4 is 0 Å². The molecule has 0 spiro atoms. The predicted molar refractivity (Wildman–Crippen MR) is 136 cm³/mol. The summed E-state index contributed by atoms with van der Waals surface area (Å²) in [4.78, 5) is 0. The van der Waals surface area contributed by atoms with Crippen molar-refractivity contribution in [2.24, 2.45) is 0 Å². The van der Waals surface area contributed by atoms with Crippen molar-refractivity contribution in [3.63, 3.8) is 0 Å². The van der Waals surface area contributed by atoms with Crippen LogP contribution in [0.3, 0.4) is 0 Å². The van der Waals surface area contributed by atoms with Gasteiger partial charge in [0.25, 0.3) is 0 Å². The Labute approximate surface area is 184 Å². The Morgan fingerprint density at radius 1 is 0.767 bits per heavy atom. The zero-order valence-corrected chi connectivity index (χ0v) is 19.0. The van der Waals surface area contributed by atoms with Crippen LogP contribution in [0, 0.1) is 0 Å². The van der Waals surface area contributed by atoms with Gasteiger partial charge in [0, 0.05) is 5.92 Å². The van der Waals surface area contributed by atoms with Crippen LogP contribution in [0.5, 0.6) is 0 Å². The highest BCUT2D eigenvalue weighted by molar-refractivity contribution is 5.63. The summed E-state index contributed by atoms with van der Waals surface area (Å²) in [6.45, 7) is 15.9. The molecule has 0 radical (unpaired) electrons. The van der Waals surface area contributed by atoms with Gasteiger partial charge in [-0.15, -0.1) is 0 Å². The highest BCUT2D eigenvalue weighted by Crippen LogP contribution is 2.24. The maximum atomic E-state index is 3.81. The molecule has 0 saturated carbocycles. The lowest BCUT2D eigenvalue weighted by Crippen LogP contribution is -1.95. The largest absolute Gasteiger partial charge is 0.0991 e. The van der Waals surface area contributed by atoms with Gasteiger partial charge in [-0.05, 0) is 34.2 Å². The minimum absolute atomic E-state index is 0.381. The molecule has 3 rings (SSSR count). The Balaban J connectivity index is 0.000000277. The lowest BCUT2D eigenvalue weighted by Gasteiger charge is -2.12. The van der Waals surface area contributed by atoms with E-state index in [-0.39, 0.29) is 0 Å². The molecule has 0 fully saturated rings. The van der Waals surface area contributed by atoms with Gasteiger partial charge < -0.3 is 0 Å². The first-order valence-corrected chi connectivity index (χ1v) is 10.8. The molecule has 1 atom stereocenters. The number of benzene rings is 3. The quantitative estimate of drug-likeness (QED) is 0.364. The Hall–Kier alpha value is -3.12. The Morgan fingerprint density at radius 3 is 1.73 bits per heavy atom. The number of hydrogen-bond donors (Lipinski definition) is 0. The molecule has 0 bridgehead atoms. The molecule has 0 nitrogen and oxygen atoms in total. The van der Waals surface area contributed by atoms with Crippen molar-refractivity contribution in [2.75, 3.05) is 0 Å². The summed E-state index contributed by atoms with van der Waals surface area (Å²) in [5, 5.41) is 0. The van der Waals surface area contributed by atoms with E-state index < -0.39 is 0 Å². The van der Waals surface area contributed by atoms with E-state index in [2.05, 4.69) is 99.8 Å². The van der Waals surface area contributed by atoms with Crippen molar-refractivity contribution in [3.8, 4) is 11.1 Å². The molecular weight excluding hydrogens is 360 g/mol. The van der Waals surface area contributed by atoms with Gasteiger partial charge in [0.15, 0.2) is 0 Å². The maximum absolute atomic E-state index is 3.81. The molecule has 0 heterocycles. The van der Waals surface area contributed by atoms with Crippen LogP contribution in [-0.4, -0.2) is 0 Å². The van der Waals surface area contributed by atoms with Crippen LogP contribution in [-0.2, 0) is 6.42 Å². The smallest absolute Gasteiger partial charge is 0.00607 e. The van der Waals surface area contributed by atoms with Crippen molar-refractivity contribution in [2.45, 2.75) is 40.0 Å². The molecule has 0 aliphatic carbocycles. The summed E-state index contributed by atoms with van der Waals surface area (Å²) >= 11 is 0. The van der Waals surface area contributed by atoms with Crippen molar-refractivity contribution in [1.82, 2.24) is 0 Å². The molecule has 0 aliphatic rings. The number of aryl methyl sites for hydroxylation is 1. The standard InChI is InChI=1S/C14H14.C14H16.C2H6/c1-2-12-8-10-14(11-9-12)13-6-4-3-5-7-13;1-4-9-13(5-2)12(3)14-10-7-6-8-11-14;1-2/h3-11H,2H2,1H3;4-12H,1-2H2,3H3;1-2H3/b;13-9+;. The highest BCUT2D eigenvalue weighted by atomic mass is 14.1. The van der Waals surface area contributed by atoms with Gasteiger partial charge in [-0.3, -0.25) is 0 Å². The zero-order chi connectivity index (χ0) is 22.2. The molecule has 0 aliphatic heterocycles. The van der Waals surface area contributed by atoms with Crippen LogP contribution in [0.15, 0.2) is 122 Å². The fourth-order valence-electron chi connectivity index (χ4n) is 3.02. The number of allylic oxidation sites excluding steroid dienone is 4. The van der Waals surface area contributed by atoms with Gasteiger partial charge in [-0.2, -0.15) is 0 Å². The fourth-order valence-corrected chi connectivity index (χ4v) is 3.02. The van der Waals surface area contributed by atoms with Gasteiger partial charge in [0.2, 0.25) is 0 Å². The highest BCUT2D eigenvalue weighted by Gasteiger charge is 2.06. The third-order valence-electron chi connectivity index (χ3n) is 4.81. The minimum Gasteiger partial charge on any atom is -0.0991 e. The summed E-state index contributed by atoms with van der Waals surface area (Å²) < 4.78 is 0. The normalized spacial score (nSPS) is 11.1. The maximum Gasteiger partial charge on any atom is 0.00607 e. The molecule has 0 amide bonds. The molecule has 1 unspecified atom stereocenters. The first-order valence-electron chi connectivity index (χ1n) is 10.8. The predicted octanol–water partition coefficient (Wildman–Crippen LogP) is 9.03. The first-order chi connectivity index (χ1) is 14.7. The van der Waals surface area contributed by atoms with Gasteiger partial charge in [0.05, 0.1) is 0 Å². The average molecular weight is 397 g/mol. The van der Waals surface area contributed by atoms with Crippen molar-refractivity contribution in [3.05, 3.63) is 133 Å². The minimum atomic E-state index is 0.381. The van der Waals surface area contributed by atoms with E-state index in [1.54, 1.807) is 6.08 Å². The first kappa shape index (κ1) is 24.9. The second-order valence-corrected chi connectivity index (χ2v) is 6.66. The molecule has 3 aromatic carbocycles. The third-order valence-corrected chi connectivity index (χ3v) is 4.81. The molecule has 0 saturated heterocycles. The molecule has 156 valence electrons. The summed E-state index contributed by atoms with van der Waals surface area (Å²) in [6, 6.07) is 29.6. The van der Waals surface area contributed by atoms with E-state index in [1.165, 1.54) is 27.8 Å². The van der Waals surface area contributed by atoms with Crippen molar-refractivity contribution < 1.29 is 0 Å². The van der Waals surface area contributed by atoms with Crippen LogP contribution >= 0.6 is 0 Å². The molecule has 0 N–H and O–H groups in total. The monoisotopic (exact) mass is 396 g/mol. The second kappa shape index (κ2) is 14.8. The Morgan fingerprint density at radius 2 is 1.27 bits per heavy atom. The average Bonchev–Trinajstić information content (AvgIpc) is 2.85. The number of rotatable bonds is 6. The molecular formula is C30H36. The summed E-state index contributed by atoms with van der Waals surface area (Å²) in [5.74, 6) is 0.381. The topological polar surface area (TPSA) is 0 Å². The van der Waals surface area contributed by atoms with Gasteiger partial charge in [-0.25, -0.2) is 0 Å². The summed E-state index contributed by atoms with van der Waals surface area (Å²) in [5.41, 5.74) is 6.48. The van der Waals surface area contributed by atoms with Crippen LogP contribution in [0.1, 0.15) is 44.7 Å². The fraction of sp³-hybridized carbons (Fsp3) is 0.200. The van der Waals surface area contributed by atoms with Gasteiger partial charge >= 0.3 is 0 Å². The van der Waals surface area contributed by atoms with Crippen LogP contribution in [0.2, 0.25) is 0 Å². The number of hydrogen-bond acceptors (Lipinski definition) is 0. The SMILES string of the molecule is C=C/C=C(\C=C)C(C)c1ccccc1.CC.CCc1ccc(-c2ccccc2)cc1. The van der Waals surface area contributed by atoms with Crippen LogP contribution in [0.25, 0.3) is 11.1 Å². The Bertz CT molecular complexity index is 868. The van der Waals surface area contributed by atoms with E-state index in [9.17, 15) is 0 Å². The Kier molecular flexibility index (Phi) is 12.3. The van der Waals surface area contributed by atoms with Gasteiger partial charge in [-0.1, -0.05) is 144 Å². The van der Waals surface area contributed by atoms with E-state index in [0.29, 0.717) is 5.92 Å². The molecule has 30 heavy (non-hydrogen) atoms.